The molecule has 1 aliphatic heterocycles. The fraction of sp³-hybridized carbons (Fsp3) is 0.824. The van der Waals surface area contributed by atoms with Crippen molar-refractivity contribution in [3.63, 3.8) is 0 Å². The van der Waals surface area contributed by atoms with Gasteiger partial charge in [0, 0.05) is 26.2 Å². The molecule has 0 spiro atoms. The van der Waals surface area contributed by atoms with Gasteiger partial charge in [0.1, 0.15) is 0 Å². The molecular formula is C17H29N5O2. The van der Waals surface area contributed by atoms with Gasteiger partial charge in [-0.15, -0.1) is 0 Å². The van der Waals surface area contributed by atoms with Gasteiger partial charge in [-0.2, -0.15) is 4.98 Å². The third-order valence-electron chi connectivity index (χ3n) is 5.05. The topological polar surface area (TPSA) is 74.5 Å². The van der Waals surface area contributed by atoms with Gasteiger partial charge in [0.15, 0.2) is 0 Å². The Balaban J connectivity index is 1.62. The van der Waals surface area contributed by atoms with Crippen LogP contribution in [0.2, 0.25) is 0 Å². The van der Waals surface area contributed by atoms with Crippen LogP contribution in [-0.2, 0) is 6.54 Å². The van der Waals surface area contributed by atoms with Gasteiger partial charge in [-0.25, -0.2) is 0 Å². The van der Waals surface area contributed by atoms with E-state index in [9.17, 15) is 4.79 Å². The maximum absolute atomic E-state index is 11.6. The van der Waals surface area contributed by atoms with Gasteiger partial charge in [-0.1, -0.05) is 19.0 Å². The predicted octanol–water partition coefficient (Wildman–Crippen LogP) is 1.37. The molecule has 2 fully saturated rings. The smallest absolute Gasteiger partial charge is 0.292 e. The lowest BCUT2D eigenvalue weighted by molar-refractivity contribution is 0.0950. The average Bonchev–Trinajstić information content (AvgIpc) is 3.29. The molecule has 1 saturated heterocycles. The monoisotopic (exact) mass is 335 g/mol. The van der Waals surface area contributed by atoms with Crippen molar-refractivity contribution >= 4 is 5.91 Å². The maximum atomic E-state index is 11.6. The van der Waals surface area contributed by atoms with E-state index in [0.29, 0.717) is 24.4 Å². The highest BCUT2D eigenvalue weighted by molar-refractivity contribution is 5.89. The molecule has 0 bridgehead atoms. The summed E-state index contributed by atoms with van der Waals surface area (Å²) >= 11 is 0. The Kier molecular flexibility index (Phi) is 5.50. The summed E-state index contributed by atoms with van der Waals surface area (Å²) in [4.78, 5) is 20.8. The molecular weight excluding hydrogens is 306 g/mol. The molecule has 7 nitrogen and oxygen atoms in total. The SMILES string of the molecule is CNC(=O)c1noc(CN2CCCN(CC3CC3)C(C(C)C)C2)n1. The minimum atomic E-state index is -0.309. The molecule has 1 N–H and O–H groups in total. The number of carbonyl (C=O) groups excluding carboxylic acids is 1. The number of aromatic nitrogens is 2. The van der Waals surface area contributed by atoms with E-state index in [2.05, 4.69) is 39.1 Å². The summed E-state index contributed by atoms with van der Waals surface area (Å²) in [5.41, 5.74) is 0. The minimum Gasteiger partial charge on any atom is -0.352 e. The minimum absolute atomic E-state index is 0.109. The van der Waals surface area contributed by atoms with Crippen molar-refractivity contribution in [3.05, 3.63) is 11.7 Å². The van der Waals surface area contributed by atoms with Crippen molar-refractivity contribution in [2.45, 2.75) is 45.7 Å². The van der Waals surface area contributed by atoms with E-state index in [1.165, 1.54) is 25.9 Å². The number of nitrogens with one attached hydrogen (secondary N) is 1. The first-order valence-corrected chi connectivity index (χ1v) is 9.08. The summed E-state index contributed by atoms with van der Waals surface area (Å²) in [7, 11) is 1.56. The Morgan fingerprint density at radius 1 is 1.38 bits per heavy atom. The normalized spacial score (nSPS) is 23.4. The quantitative estimate of drug-likeness (QED) is 0.846. The molecule has 1 amide bonds. The lowest BCUT2D eigenvalue weighted by atomic mass is 10.0. The summed E-state index contributed by atoms with van der Waals surface area (Å²) in [6, 6.07) is 0.564. The van der Waals surface area contributed by atoms with Crippen LogP contribution in [0.25, 0.3) is 0 Å². The van der Waals surface area contributed by atoms with Gasteiger partial charge >= 0.3 is 0 Å². The highest BCUT2D eigenvalue weighted by atomic mass is 16.5. The highest BCUT2D eigenvalue weighted by Crippen LogP contribution is 2.32. The molecule has 7 heteroatoms. The van der Waals surface area contributed by atoms with Crippen molar-refractivity contribution in [2.24, 2.45) is 11.8 Å². The van der Waals surface area contributed by atoms with Crippen LogP contribution in [0.4, 0.5) is 0 Å². The predicted molar refractivity (Wildman–Crippen MR) is 90.5 cm³/mol. The van der Waals surface area contributed by atoms with Crippen molar-refractivity contribution in [1.29, 1.82) is 0 Å². The molecule has 1 aromatic rings. The molecule has 0 radical (unpaired) electrons. The van der Waals surface area contributed by atoms with E-state index in [-0.39, 0.29) is 11.7 Å². The molecule has 1 aliphatic carbocycles. The van der Waals surface area contributed by atoms with Crippen molar-refractivity contribution in [1.82, 2.24) is 25.3 Å². The standard InChI is InChI=1S/C17H29N5O2/c1-12(2)14-10-21(7-4-8-22(14)9-13-5-6-13)11-15-19-16(20-24-15)17(23)18-3/h12-14H,4-11H2,1-3H3,(H,18,23). The second kappa shape index (κ2) is 7.61. The number of hydrogen-bond acceptors (Lipinski definition) is 6. The first kappa shape index (κ1) is 17.4. The van der Waals surface area contributed by atoms with Crippen LogP contribution in [0.1, 0.15) is 49.6 Å². The Labute approximate surface area is 143 Å². The van der Waals surface area contributed by atoms with E-state index < -0.39 is 0 Å². The fourth-order valence-corrected chi connectivity index (χ4v) is 3.48. The van der Waals surface area contributed by atoms with Gasteiger partial charge in [0.2, 0.25) is 5.89 Å². The number of hydrogen-bond donors (Lipinski definition) is 1. The Morgan fingerprint density at radius 2 is 2.17 bits per heavy atom. The molecule has 1 saturated carbocycles. The highest BCUT2D eigenvalue weighted by Gasteiger charge is 2.32. The van der Waals surface area contributed by atoms with E-state index in [1.54, 1.807) is 7.05 Å². The molecule has 1 atom stereocenters. The third kappa shape index (κ3) is 4.33. The maximum Gasteiger partial charge on any atom is 0.292 e. The van der Waals surface area contributed by atoms with Gasteiger partial charge in [0.05, 0.1) is 6.54 Å². The van der Waals surface area contributed by atoms with E-state index in [4.69, 9.17) is 4.52 Å². The lowest BCUT2D eigenvalue weighted by Crippen LogP contribution is -2.45. The van der Waals surface area contributed by atoms with Gasteiger partial charge in [-0.3, -0.25) is 14.6 Å². The Bertz CT molecular complexity index is 555. The number of carbonyl (C=O) groups is 1. The summed E-state index contributed by atoms with van der Waals surface area (Å²) in [6.07, 6.45) is 3.96. The molecule has 0 aromatic carbocycles. The third-order valence-corrected chi connectivity index (χ3v) is 5.05. The van der Waals surface area contributed by atoms with Gasteiger partial charge in [-0.05, 0) is 44.2 Å². The molecule has 2 heterocycles. The molecule has 3 rings (SSSR count). The summed E-state index contributed by atoms with van der Waals surface area (Å²) in [6.45, 7) is 9.70. The van der Waals surface area contributed by atoms with Crippen LogP contribution in [-0.4, -0.2) is 65.1 Å². The van der Waals surface area contributed by atoms with Crippen LogP contribution < -0.4 is 5.32 Å². The van der Waals surface area contributed by atoms with Crippen LogP contribution in [0.15, 0.2) is 4.52 Å². The zero-order chi connectivity index (χ0) is 17.1. The Hall–Kier alpha value is -1.47. The van der Waals surface area contributed by atoms with Crippen molar-refractivity contribution in [3.8, 4) is 0 Å². The zero-order valence-corrected chi connectivity index (χ0v) is 15.0. The van der Waals surface area contributed by atoms with Crippen LogP contribution >= 0.6 is 0 Å². The summed E-state index contributed by atoms with van der Waals surface area (Å²) < 4.78 is 5.25. The van der Waals surface area contributed by atoms with Crippen molar-refractivity contribution in [2.75, 3.05) is 33.2 Å². The number of nitrogens with zero attached hydrogens (tertiary/aromatic N) is 4. The fourth-order valence-electron chi connectivity index (χ4n) is 3.48. The summed E-state index contributed by atoms with van der Waals surface area (Å²) in [5, 5.41) is 6.27. The molecule has 1 unspecified atom stereocenters. The van der Waals surface area contributed by atoms with E-state index in [0.717, 1.165) is 25.4 Å². The average molecular weight is 335 g/mol. The Morgan fingerprint density at radius 3 is 2.83 bits per heavy atom. The van der Waals surface area contributed by atoms with Gasteiger partial charge in [0.25, 0.3) is 11.7 Å². The molecule has 134 valence electrons. The molecule has 2 aliphatic rings. The molecule has 24 heavy (non-hydrogen) atoms. The van der Waals surface area contributed by atoms with E-state index >= 15 is 0 Å². The first-order chi connectivity index (χ1) is 11.6. The number of amides is 1. The second-order valence-corrected chi connectivity index (χ2v) is 7.43. The van der Waals surface area contributed by atoms with Gasteiger partial charge < -0.3 is 9.84 Å². The second-order valence-electron chi connectivity index (χ2n) is 7.43. The van der Waals surface area contributed by atoms with Crippen LogP contribution in [0.5, 0.6) is 0 Å². The summed E-state index contributed by atoms with van der Waals surface area (Å²) in [5.74, 6) is 1.86. The first-order valence-electron chi connectivity index (χ1n) is 9.08. The zero-order valence-electron chi connectivity index (χ0n) is 15.0. The van der Waals surface area contributed by atoms with Crippen LogP contribution in [0.3, 0.4) is 0 Å². The van der Waals surface area contributed by atoms with E-state index in [1.807, 2.05) is 0 Å². The van der Waals surface area contributed by atoms with Crippen LogP contribution in [0, 0.1) is 11.8 Å². The number of rotatable bonds is 6. The largest absolute Gasteiger partial charge is 0.352 e. The lowest BCUT2D eigenvalue weighted by Gasteiger charge is -2.34. The van der Waals surface area contributed by atoms with Crippen molar-refractivity contribution < 1.29 is 9.32 Å². The molecule has 1 aromatic heterocycles.